The maximum Gasteiger partial charge on any atom is 0.313 e. The lowest BCUT2D eigenvalue weighted by Crippen LogP contribution is -2.19. The van der Waals surface area contributed by atoms with Gasteiger partial charge in [-0.2, -0.15) is 0 Å². The Morgan fingerprint density at radius 2 is 1.75 bits per heavy atom. The Kier molecular flexibility index (Phi) is 6.84. The molecule has 0 saturated carbocycles. The number of carbonyl (C=O) groups excluding carboxylic acids is 1. The molecule has 0 heterocycles. The zero-order valence-corrected chi connectivity index (χ0v) is 9.93. The van der Waals surface area contributed by atoms with Crippen molar-refractivity contribution < 1.29 is 14.7 Å². The van der Waals surface area contributed by atoms with Gasteiger partial charge in [0.05, 0.1) is 0 Å². The molecule has 0 amide bonds. The SMILES string of the molecule is CCC(=O)C(C)C(=O)O.Cc1ccccc1. The quantitative estimate of drug-likeness (QED) is 0.800. The molecule has 1 unspecified atom stereocenters. The fourth-order valence-electron chi connectivity index (χ4n) is 0.978. The van der Waals surface area contributed by atoms with Gasteiger partial charge in [0, 0.05) is 6.42 Å². The number of ketones is 1. The van der Waals surface area contributed by atoms with Crippen LogP contribution in [-0.2, 0) is 9.59 Å². The van der Waals surface area contributed by atoms with Crippen LogP contribution in [0.4, 0.5) is 0 Å². The van der Waals surface area contributed by atoms with Gasteiger partial charge in [-0.25, -0.2) is 0 Å². The summed E-state index contributed by atoms with van der Waals surface area (Å²) in [5, 5.41) is 8.26. The molecule has 16 heavy (non-hydrogen) atoms. The molecule has 0 aromatic heterocycles. The Morgan fingerprint density at radius 3 is 1.94 bits per heavy atom. The zero-order valence-electron chi connectivity index (χ0n) is 9.93. The summed E-state index contributed by atoms with van der Waals surface area (Å²) in [4.78, 5) is 20.7. The predicted octanol–water partition coefficient (Wildman–Crippen LogP) is 2.68. The Hall–Kier alpha value is -1.64. The van der Waals surface area contributed by atoms with Crippen molar-refractivity contribution in [3.05, 3.63) is 35.9 Å². The summed E-state index contributed by atoms with van der Waals surface area (Å²) in [7, 11) is 0. The van der Waals surface area contributed by atoms with Crippen LogP contribution in [0.2, 0.25) is 0 Å². The van der Waals surface area contributed by atoms with E-state index in [-0.39, 0.29) is 5.78 Å². The maximum absolute atomic E-state index is 10.6. The normalized spacial score (nSPS) is 10.9. The van der Waals surface area contributed by atoms with Crippen LogP contribution in [-0.4, -0.2) is 16.9 Å². The van der Waals surface area contributed by atoms with Crippen molar-refractivity contribution in [1.82, 2.24) is 0 Å². The van der Waals surface area contributed by atoms with Gasteiger partial charge >= 0.3 is 5.97 Å². The van der Waals surface area contributed by atoms with Crippen LogP contribution in [0.15, 0.2) is 30.3 Å². The monoisotopic (exact) mass is 222 g/mol. The van der Waals surface area contributed by atoms with Gasteiger partial charge in [-0.15, -0.1) is 0 Å². The second-order valence-corrected chi connectivity index (χ2v) is 3.53. The molecular formula is C13H18O3. The van der Waals surface area contributed by atoms with E-state index in [2.05, 4.69) is 19.1 Å². The van der Waals surface area contributed by atoms with E-state index in [0.717, 1.165) is 0 Å². The van der Waals surface area contributed by atoms with Crippen LogP contribution in [0.1, 0.15) is 25.8 Å². The highest BCUT2D eigenvalue weighted by Gasteiger charge is 2.17. The molecule has 1 atom stereocenters. The van der Waals surface area contributed by atoms with Crippen molar-refractivity contribution in [1.29, 1.82) is 0 Å². The lowest BCUT2D eigenvalue weighted by atomic mass is 10.1. The Balaban J connectivity index is 0.000000288. The van der Waals surface area contributed by atoms with Gasteiger partial charge < -0.3 is 5.11 Å². The molecule has 1 aromatic rings. The van der Waals surface area contributed by atoms with Crippen LogP contribution < -0.4 is 0 Å². The lowest BCUT2D eigenvalue weighted by Gasteiger charge is -1.99. The number of rotatable bonds is 3. The minimum Gasteiger partial charge on any atom is -0.481 e. The fraction of sp³-hybridized carbons (Fsp3) is 0.385. The number of benzene rings is 1. The third-order valence-corrected chi connectivity index (χ3v) is 2.14. The van der Waals surface area contributed by atoms with Crippen molar-refractivity contribution in [2.24, 2.45) is 5.92 Å². The summed E-state index contributed by atoms with van der Waals surface area (Å²) in [6.45, 7) is 5.13. The average molecular weight is 222 g/mol. The number of aryl methyl sites for hydroxylation is 1. The average Bonchev–Trinajstić information content (AvgIpc) is 2.28. The molecule has 0 saturated heterocycles. The van der Waals surface area contributed by atoms with E-state index in [9.17, 15) is 9.59 Å². The molecule has 3 heteroatoms. The van der Waals surface area contributed by atoms with Gasteiger partial charge in [0.1, 0.15) is 11.7 Å². The topological polar surface area (TPSA) is 54.4 Å². The number of hydrogen-bond donors (Lipinski definition) is 1. The van der Waals surface area contributed by atoms with Crippen molar-refractivity contribution in [2.45, 2.75) is 27.2 Å². The molecule has 0 aliphatic carbocycles. The molecule has 88 valence electrons. The lowest BCUT2D eigenvalue weighted by molar-refractivity contribution is -0.145. The number of carboxylic acids is 1. The van der Waals surface area contributed by atoms with Gasteiger partial charge in [0.25, 0.3) is 0 Å². The summed E-state index contributed by atoms with van der Waals surface area (Å²) in [6.07, 6.45) is 0.299. The fourth-order valence-corrected chi connectivity index (χ4v) is 0.978. The smallest absolute Gasteiger partial charge is 0.313 e. The first kappa shape index (κ1) is 14.4. The van der Waals surface area contributed by atoms with Gasteiger partial charge in [-0.1, -0.05) is 42.8 Å². The third kappa shape index (κ3) is 5.96. The van der Waals surface area contributed by atoms with E-state index >= 15 is 0 Å². The summed E-state index contributed by atoms with van der Waals surface area (Å²) in [6, 6.07) is 10.3. The molecule has 0 aliphatic heterocycles. The van der Waals surface area contributed by atoms with E-state index in [1.165, 1.54) is 12.5 Å². The number of hydrogen-bond acceptors (Lipinski definition) is 2. The second-order valence-electron chi connectivity index (χ2n) is 3.53. The Bertz CT molecular complexity index is 330. The predicted molar refractivity (Wildman–Crippen MR) is 63.3 cm³/mol. The third-order valence-electron chi connectivity index (χ3n) is 2.14. The molecular weight excluding hydrogens is 204 g/mol. The summed E-state index contributed by atoms with van der Waals surface area (Å²) in [5.74, 6) is -2.10. The first-order chi connectivity index (χ1) is 7.49. The molecule has 0 radical (unpaired) electrons. The van der Waals surface area contributed by atoms with Gasteiger partial charge in [0.15, 0.2) is 0 Å². The molecule has 0 bridgehead atoms. The van der Waals surface area contributed by atoms with Crippen molar-refractivity contribution in [2.75, 3.05) is 0 Å². The molecule has 0 spiro atoms. The first-order valence-corrected chi connectivity index (χ1v) is 5.26. The van der Waals surface area contributed by atoms with E-state index in [1.807, 2.05) is 18.2 Å². The highest BCUT2D eigenvalue weighted by molar-refractivity contribution is 5.97. The maximum atomic E-state index is 10.6. The van der Waals surface area contributed by atoms with Crippen LogP contribution in [0.5, 0.6) is 0 Å². The highest BCUT2D eigenvalue weighted by Crippen LogP contribution is 1.98. The first-order valence-electron chi connectivity index (χ1n) is 5.26. The number of Topliss-reactive ketones (excluding diaryl/α,β-unsaturated/α-hetero) is 1. The van der Waals surface area contributed by atoms with Gasteiger partial charge in [-0.05, 0) is 13.8 Å². The summed E-state index contributed by atoms with van der Waals surface area (Å²) in [5.41, 5.74) is 1.32. The van der Waals surface area contributed by atoms with Gasteiger partial charge in [-0.3, -0.25) is 9.59 Å². The van der Waals surface area contributed by atoms with E-state index in [1.54, 1.807) is 6.92 Å². The summed E-state index contributed by atoms with van der Waals surface area (Å²) >= 11 is 0. The van der Waals surface area contributed by atoms with Crippen molar-refractivity contribution >= 4 is 11.8 Å². The molecule has 0 fully saturated rings. The van der Waals surface area contributed by atoms with Crippen LogP contribution in [0.25, 0.3) is 0 Å². The largest absolute Gasteiger partial charge is 0.481 e. The number of aliphatic carboxylic acids is 1. The van der Waals surface area contributed by atoms with Crippen molar-refractivity contribution in [3.8, 4) is 0 Å². The van der Waals surface area contributed by atoms with Crippen LogP contribution in [0, 0.1) is 12.8 Å². The Morgan fingerprint density at radius 1 is 1.25 bits per heavy atom. The molecule has 0 aliphatic rings. The second kappa shape index (κ2) is 7.63. The summed E-state index contributed by atoms with van der Waals surface area (Å²) < 4.78 is 0. The zero-order chi connectivity index (χ0) is 12.6. The molecule has 1 N–H and O–H groups in total. The van der Waals surface area contributed by atoms with E-state index in [0.29, 0.717) is 6.42 Å². The molecule has 1 aromatic carbocycles. The van der Waals surface area contributed by atoms with E-state index in [4.69, 9.17) is 5.11 Å². The highest BCUT2D eigenvalue weighted by atomic mass is 16.4. The molecule has 3 nitrogen and oxygen atoms in total. The van der Waals surface area contributed by atoms with Gasteiger partial charge in [0.2, 0.25) is 0 Å². The number of carbonyl (C=O) groups is 2. The van der Waals surface area contributed by atoms with Crippen LogP contribution >= 0.6 is 0 Å². The Labute approximate surface area is 96.1 Å². The van der Waals surface area contributed by atoms with E-state index < -0.39 is 11.9 Å². The van der Waals surface area contributed by atoms with Crippen LogP contribution in [0.3, 0.4) is 0 Å². The standard InChI is InChI=1S/C7H8.C6H10O3/c1-7-5-3-2-4-6-7;1-3-5(7)4(2)6(8)9/h2-6H,1H3;4H,3H2,1-2H3,(H,8,9). The minimum absolute atomic E-state index is 0.220. The molecule has 1 rings (SSSR count). The van der Waals surface area contributed by atoms with Crippen molar-refractivity contribution in [3.63, 3.8) is 0 Å². The number of carboxylic acid groups (broad SMARTS) is 1. The minimum atomic E-state index is -1.04.